The predicted molar refractivity (Wildman–Crippen MR) is 85.1 cm³/mol. The standard InChI is InChI=1S/C15H20P.Sn.3H/c1-9(2)13-11-7-5-6-8-12(11)15(16)14(13)10(3)4;;;;/h5-6,8-10,15H,16H2,1-4H3;;;;. The van der Waals surface area contributed by atoms with Gasteiger partial charge in [-0.3, -0.25) is 0 Å². The normalized spacial score (nSPS) is 19.6. The summed E-state index contributed by atoms with van der Waals surface area (Å²) in [6.45, 7) is 9.34. The number of fused-ring (bicyclic) bond motifs is 1. The Morgan fingerprint density at radius 2 is 1.76 bits per heavy atom. The molecule has 0 saturated heterocycles. The van der Waals surface area contributed by atoms with Gasteiger partial charge in [-0.05, 0) is 0 Å². The van der Waals surface area contributed by atoms with Gasteiger partial charge in [0.05, 0.1) is 0 Å². The van der Waals surface area contributed by atoms with Gasteiger partial charge in [0.25, 0.3) is 0 Å². The summed E-state index contributed by atoms with van der Waals surface area (Å²) in [5.74, 6) is 1.29. The third-order valence-electron chi connectivity index (χ3n) is 3.75. The molecular formula is C15H23PSn. The fourth-order valence-corrected chi connectivity index (χ4v) is 6.07. The van der Waals surface area contributed by atoms with Gasteiger partial charge in [-0.15, -0.1) is 0 Å². The number of benzene rings is 1. The van der Waals surface area contributed by atoms with Crippen molar-refractivity contribution in [2.75, 3.05) is 0 Å². The van der Waals surface area contributed by atoms with Gasteiger partial charge in [0.15, 0.2) is 0 Å². The summed E-state index contributed by atoms with van der Waals surface area (Å²) in [6, 6.07) is 6.89. The Bertz CT molecular complexity index is 472. The van der Waals surface area contributed by atoms with E-state index in [1.54, 1.807) is 25.9 Å². The molecule has 1 aliphatic rings. The van der Waals surface area contributed by atoms with E-state index < -0.39 is 0 Å². The monoisotopic (exact) mass is 354 g/mol. The van der Waals surface area contributed by atoms with E-state index in [4.69, 9.17) is 0 Å². The van der Waals surface area contributed by atoms with E-state index >= 15 is 0 Å². The molecule has 2 rings (SSSR count). The Morgan fingerprint density at radius 1 is 1.12 bits per heavy atom. The van der Waals surface area contributed by atoms with Gasteiger partial charge in [-0.2, -0.15) is 0 Å². The van der Waals surface area contributed by atoms with Crippen LogP contribution in [0, 0.1) is 11.8 Å². The van der Waals surface area contributed by atoms with Crippen molar-refractivity contribution in [1.29, 1.82) is 0 Å². The van der Waals surface area contributed by atoms with E-state index in [0.29, 0.717) is 40.0 Å². The topological polar surface area (TPSA) is 0 Å². The summed E-state index contributed by atoms with van der Waals surface area (Å²) in [5, 5.41) is 0. The third-order valence-corrected chi connectivity index (χ3v) is 6.85. The summed E-state index contributed by atoms with van der Waals surface area (Å²) >= 11 is 0.582. The van der Waals surface area contributed by atoms with E-state index in [1.165, 1.54) is 0 Å². The van der Waals surface area contributed by atoms with Gasteiger partial charge < -0.3 is 0 Å². The molecule has 2 unspecified atom stereocenters. The molecule has 0 amide bonds. The number of hydrogen-bond donors (Lipinski definition) is 0. The Morgan fingerprint density at radius 3 is 2.29 bits per heavy atom. The third kappa shape index (κ3) is 2.23. The first-order valence-electron chi connectivity index (χ1n) is 6.54. The van der Waals surface area contributed by atoms with Crippen LogP contribution < -0.4 is 3.58 Å². The average Bonchev–Trinajstić information content (AvgIpc) is 2.54. The molecule has 0 N–H and O–H groups in total. The van der Waals surface area contributed by atoms with Crippen molar-refractivity contribution < 1.29 is 0 Å². The minimum absolute atomic E-state index is 0.550. The average molecular weight is 353 g/mol. The molecular weight excluding hydrogens is 330 g/mol. The maximum atomic E-state index is 3.07. The van der Waals surface area contributed by atoms with Crippen molar-refractivity contribution >= 4 is 40.9 Å². The van der Waals surface area contributed by atoms with E-state index in [9.17, 15) is 0 Å². The molecule has 1 aromatic rings. The summed E-state index contributed by atoms with van der Waals surface area (Å²) in [5.41, 5.74) is 7.01. The van der Waals surface area contributed by atoms with Gasteiger partial charge in [-0.25, -0.2) is 0 Å². The van der Waals surface area contributed by atoms with E-state index in [-0.39, 0.29) is 0 Å². The summed E-state index contributed by atoms with van der Waals surface area (Å²) in [7, 11) is 3.07. The van der Waals surface area contributed by atoms with Crippen LogP contribution in [0.1, 0.15) is 44.5 Å². The summed E-state index contributed by atoms with van der Waals surface area (Å²) in [6.07, 6.45) is 0. The second kappa shape index (κ2) is 5.05. The van der Waals surface area contributed by atoms with Crippen molar-refractivity contribution in [3.05, 3.63) is 34.9 Å². The molecule has 0 nitrogen and oxygen atoms in total. The molecule has 2 heteroatoms. The summed E-state index contributed by atoms with van der Waals surface area (Å²) in [4.78, 5) is 0. The zero-order valence-corrected chi connectivity index (χ0v) is 18.4. The van der Waals surface area contributed by atoms with Crippen LogP contribution in [0.15, 0.2) is 23.8 Å². The molecule has 92 valence electrons. The zero-order chi connectivity index (χ0) is 12.7. The molecule has 17 heavy (non-hydrogen) atoms. The predicted octanol–water partition coefficient (Wildman–Crippen LogP) is 2.67. The number of hydrogen-bond acceptors (Lipinski definition) is 0. The molecule has 0 fully saturated rings. The van der Waals surface area contributed by atoms with Crippen molar-refractivity contribution in [3.8, 4) is 0 Å². The maximum absolute atomic E-state index is 3.07. The van der Waals surface area contributed by atoms with Crippen molar-refractivity contribution in [1.82, 2.24) is 0 Å². The van der Waals surface area contributed by atoms with Crippen molar-refractivity contribution in [3.63, 3.8) is 0 Å². The van der Waals surface area contributed by atoms with Crippen LogP contribution >= 0.6 is 9.24 Å². The Hall–Kier alpha value is 0.189. The zero-order valence-electron chi connectivity index (χ0n) is 11.5. The molecule has 0 bridgehead atoms. The molecule has 0 saturated carbocycles. The molecule has 0 spiro atoms. The van der Waals surface area contributed by atoms with Crippen LogP contribution in [0.4, 0.5) is 0 Å². The second-order valence-corrected chi connectivity index (χ2v) is 9.44. The Kier molecular flexibility index (Phi) is 4.05. The number of allylic oxidation sites excluding steroid dienone is 2. The molecule has 1 aliphatic carbocycles. The van der Waals surface area contributed by atoms with Crippen LogP contribution in [-0.4, -0.2) is 22.5 Å². The second-order valence-electron chi connectivity index (χ2n) is 5.70. The van der Waals surface area contributed by atoms with Gasteiger partial charge in [0.1, 0.15) is 0 Å². The first-order valence-corrected chi connectivity index (χ1v) is 10.1. The van der Waals surface area contributed by atoms with E-state index in [2.05, 4.69) is 55.1 Å². The van der Waals surface area contributed by atoms with Crippen LogP contribution in [0.2, 0.25) is 0 Å². The van der Waals surface area contributed by atoms with Crippen molar-refractivity contribution in [2.45, 2.75) is 33.4 Å². The van der Waals surface area contributed by atoms with Gasteiger partial charge >= 0.3 is 121 Å². The van der Waals surface area contributed by atoms with Gasteiger partial charge in [-0.1, -0.05) is 0 Å². The van der Waals surface area contributed by atoms with Crippen LogP contribution in [0.3, 0.4) is 0 Å². The quantitative estimate of drug-likeness (QED) is 0.567. The fraction of sp³-hybridized carbons (Fsp3) is 0.467. The SMILES string of the molecule is CC(C)C1=C(C(C)C)C(P)c2ccc[c]([SnH3])c21. The van der Waals surface area contributed by atoms with Gasteiger partial charge in [0.2, 0.25) is 0 Å². The molecule has 2 atom stereocenters. The molecule has 0 aliphatic heterocycles. The fourth-order valence-electron chi connectivity index (χ4n) is 3.09. The van der Waals surface area contributed by atoms with E-state index in [1.807, 2.05) is 0 Å². The summed E-state index contributed by atoms with van der Waals surface area (Å²) < 4.78 is 1.64. The van der Waals surface area contributed by atoms with Crippen molar-refractivity contribution in [2.24, 2.45) is 11.8 Å². The molecule has 0 radical (unpaired) electrons. The molecule has 0 aromatic heterocycles. The Labute approximate surface area is 121 Å². The molecule has 0 heterocycles. The molecule has 1 aromatic carbocycles. The Balaban J connectivity index is 2.71. The first kappa shape index (κ1) is 13.6. The number of rotatable bonds is 2. The minimum atomic E-state index is 0.550. The van der Waals surface area contributed by atoms with Crippen LogP contribution in [0.5, 0.6) is 0 Å². The van der Waals surface area contributed by atoms with Crippen LogP contribution in [-0.2, 0) is 0 Å². The van der Waals surface area contributed by atoms with E-state index in [0.717, 1.165) is 0 Å². The van der Waals surface area contributed by atoms with Crippen LogP contribution in [0.25, 0.3) is 5.57 Å². The first-order chi connectivity index (χ1) is 7.95. The van der Waals surface area contributed by atoms with Gasteiger partial charge in [0, 0.05) is 0 Å².